The van der Waals surface area contributed by atoms with Crippen LogP contribution in [0.2, 0.25) is 0 Å². The molecule has 0 fully saturated rings. The van der Waals surface area contributed by atoms with Crippen LogP contribution in [0, 0.1) is 34.6 Å². The Morgan fingerprint density at radius 2 is 1.29 bits per heavy atom. The molecule has 0 saturated carbocycles. The Bertz CT molecular complexity index is 453. The van der Waals surface area contributed by atoms with Gasteiger partial charge in [0.05, 0.1) is 7.11 Å². The summed E-state index contributed by atoms with van der Waals surface area (Å²) in [5, 5.41) is 0. The van der Waals surface area contributed by atoms with E-state index in [0.29, 0.717) is 0 Å². The van der Waals surface area contributed by atoms with Crippen molar-refractivity contribution in [2.45, 2.75) is 34.6 Å². The van der Waals surface area contributed by atoms with Crippen molar-refractivity contribution >= 4 is 12.0 Å². The average Bonchev–Trinajstić information content (AvgIpc) is 2.33. The standard InChI is InChI=1S/C15H20O2/c1-9-10(2)12(4)14(13(5)11(9)3)7-8-15(16)17-6/h7-8H,1-6H3/b8-7+. The molecule has 0 aliphatic rings. The van der Waals surface area contributed by atoms with Crippen LogP contribution in [0.4, 0.5) is 0 Å². The zero-order chi connectivity index (χ0) is 13.2. The molecule has 17 heavy (non-hydrogen) atoms. The van der Waals surface area contributed by atoms with Crippen LogP contribution in [0.15, 0.2) is 6.08 Å². The number of ether oxygens (including phenoxy) is 1. The van der Waals surface area contributed by atoms with Crippen molar-refractivity contribution in [1.29, 1.82) is 0 Å². The van der Waals surface area contributed by atoms with Gasteiger partial charge in [-0.3, -0.25) is 0 Å². The number of carbonyl (C=O) groups excluding carboxylic acids is 1. The first-order valence-corrected chi connectivity index (χ1v) is 5.73. The smallest absolute Gasteiger partial charge is 0.330 e. The molecule has 1 aromatic rings. The second kappa shape index (κ2) is 5.17. The van der Waals surface area contributed by atoms with E-state index < -0.39 is 0 Å². The largest absolute Gasteiger partial charge is 0.466 e. The maximum absolute atomic E-state index is 11.1. The van der Waals surface area contributed by atoms with Crippen LogP contribution in [0.1, 0.15) is 33.4 Å². The molecular formula is C15H20O2. The van der Waals surface area contributed by atoms with Crippen LogP contribution in [0.3, 0.4) is 0 Å². The van der Waals surface area contributed by atoms with E-state index in [1.807, 2.05) is 6.08 Å². The molecule has 92 valence electrons. The van der Waals surface area contributed by atoms with Gasteiger partial charge in [0.15, 0.2) is 0 Å². The van der Waals surface area contributed by atoms with E-state index in [0.717, 1.165) is 5.56 Å². The van der Waals surface area contributed by atoms with Crippen LogP contribution in [-0.4, -0.2) is 13.1 Å². The molecule has 1 rings (SSSR count). The molecule has 0 aliphatic carbocycles. The number of carbonyl (C=O) groups is 1. The lowest BCUT2D eigenvalue weighted by atomic mass is 9.89. The Balaban J connectivity index is 3.35. The topological polar surface area (TPSA) is 26.3 Å². The number of hydrogen-bond acceptors (Lipinski definition) is 2. The molecule has 0 aliphatic heterocycles. The lowest BCUT2D eigenvalue weighted by molar-refractivity contribution is -0.134. The van der Waals surface area contributed by atoms with Crippen LogP contribution >= 0.6 is 0 Å². The minimum absolute atomic E-state index is 0.320. The van der Waals surface area contributed by atoms with Gasteiger partial charge in [-0.05, 0) is 74.1 Å². The van der Waals surface area contributed by atoms with E-state index in [1.165, 1.54) is 41.0 Å². The van der Waals surface area contributed by atoms with Gasteiger partial charge in [0, 0.05) is 6.08 Å². The summed E-state index contributed by atoms with van der Waals surface area (Å²) in [6.07, 6.45) is 3.32. The van der Waals surface area contributed by atoms with Gasteiger partial charge in [0.1, 0.15) is 0 Å². The summed E-state index contributed by atoms with van der Waals surface area (Å²) in [6, 6.07) is 0. The second-order valence-corrected chi connectivity index (χ2v) is 4.40. The molecule has 0 N–H and O–H groups in total. The second-order valence-electron chi connectivity index (χ2n) is 4.40. The van der Waals surface area contributed by atoms with Crippen molar-refractivity contribution in [2.75, 3.05) is 7.11 Å². The van der Waals surface area contributed by atoms with Gasteiger partial charge in [0.25, 0.3) is 0 Å². The highest BCUT2D eigenvalue weighted by Gasteiger charge is 2.10. The first-order valence-electron chi connectivity index (χ1n) is 5.73. The number of esters is 1. The van der Waals surface area contributed by atoms with E-state index in [4.69, 9.17) is 0 Å². The molecular weight excluding hydrogens is 212 g/mol. The Morgan fingerprint density at radius 3 is 1.71 bits per heavy atom. The Hall–Kier alpha value is -1.57. The van der Waals surface area contributed by atoms with Gasteiger partial charge in [-0.1, -0.05) is 0 Å². The van der Waals surface area contributed by atoms with Crippen molar-refractivity contribution in [1.82, 2.24) is 0 Å². The Kier molecular flexibility index (Phi) is 4.11. The molecule has 0 radical (unpaired) electrons. The third kappa shape index (κ3) is 2.57. The molecule has 2 nitrogen and oxygen atoms in total. The van der Waals surface area contributed by atoms with Gasteiger partial charge < -0.3 is 4.74 Å². The molecule has 0 spiro atoms. The van der Waals surface area contributed by atoms with Crippen LogP contribution in [0.5, 0.6) is 0 Å². The van der Waals surface area contributed by atoms with E-state index in [1.54, 1.807) is 0 Å². The molecule has 0 unspecified atom stereocenters. The normalized spacial score (nSPS) is 10.9. The van der Waals surface area contributed by atoms with Crippen molar-refractivity contribution in [3.63, 3.8) is 0 Å². The summed E-state index contributed by atoms with van der Waals surface area (Å²) in [7, 11) is 1.39. The molecule has 1 aromatic carbocycles. The molecule has 2 heteroatoms. The molecule has 0 bridgehead atoms. The summed E-state index contributed by atoms with van der Waals surface area (Å²) in [4.78, 5) is 11.1. The first kappa shape index (κ1) is 13.5. The molecule has 0 amide bonds. The fourth-order valence-corrected chi connectivity index (χ4v) is 2.00. The number of hydrogen-bond donors (Lipinski definition) is 0. The predicted molar refractivity (Wildman–Crippen MR) is 71.2 cm³/mol. The van der Waals surface area contributed by atoms with Gasteiger partial charge in [-0.25, -0.2) is 4.79 Å². The summed E-state index contributed by atoms with van der Waals surface area (Å²) in [5.41, 5.74) is 7.48. The Labute approximate surface area is 103 Å². The summed E-state index contributed by atoms with van der Waals surface area (Å²) < 4.78 is 4.61. The number of benzene rings is 1. The minimum atomic E-state index is -0.320. The van der Waals surface area contributed by atoms with Crippen molar-refractivity contribution in [3.8, 4) is 0 Å². The summed E-state index contributed by atoms with van der Waals surface area (Å²) in [6.45, 7) is 10.6. The van der Waals surface area contributed by atoms with Crippen molar-refractivity contribution in [2.24, 2.45) is 0 Å². The van der Waals surface area contributed by atoms with Crippen molar-refractivity contribution in [3.05, 3.63) is 39.5 Å². The number of methoxy groups -OCH3 is 1. The van der Waals surface area contributed by atoms with E-state index >= 15 is 0 Å². The van der Waals surface area contributed by atoms with Gasteiger partial charge in [-0.2, -0.15) is 0 Å². The summed E-state index contributed by atoms with van der Waals surface area (Å²) in [5.74, 6) is -0.320. The Morgan fingerprint density at radius 1 is 0.882 bits per heavy atom. The molecule has 0 heterocycles. The summed E-state index contributed by atoms with van der Waals surface area (Å²) >= 11 is 0. The minimum Gasteiger partial charge on any atom is -0.466 e. The van der Waals surface area contributed by atoms with Crippen LogP contribution in [0.25, 0.3) is 6.08 Å². The fraction of sp³-hybridized carbons (Fsp3) is 0.400. The van der Waals surface area contributed by atoms with E-state index in [2.05, 4.69) is 39.4 Å². The van der Waals surface area contributed by atoms with Crippen molar-refractivity contribution < 1.29 is 9.53 Å². The molecule has 0 saturated heterocycles. The predicted octanol–water partition coefficient (Wildman–Crippen LogP) is 3.41. The lowest BCUT2D eigenvalue weighted by Gasteiger charge is -2.16. The highest BCUT2D eigenvalue weighted by molar-refractivity contribution is 5.87. The van der Waals surface area contributed by atoms with Gasteiger partial charge in [-0.15, -0.1) is 0 Å². The highest BCUT2D eigenvalue weighted by Crippen LogP contribution is 2.26. The van der Waals surface area contributed by atoms with Crippen LogP contribution in [-0.2, 0) is 9.53 Å². The maximum atomic E-state index is 11.1. The zero-order valence-electron chi connectivity index (χ0n) is 11.5. The molecule has 0 atom stereocenters. The molecule has 0 aromatic heterocycles. The zero-order valence-corrected chi connectivity index (χ0v) is 11.5. The van der Waals surface area contributed by atoms with Crippen LogP contribution < -0.4 is 0 Å². The lowest BCUT2D eigenvalue weighted by Crippen LogP contribution is -2.00. The third-order valence-electron chi connectivity index (χ3n) is 3.65. The highest BCUT2D eigenvalue weighted by atomic mass is 16.5. The maximum Gasteiger partial charge on any atom is 0.330 e. The van der Waals surface area contributed by atoms with Gasteiger partial charge >= 0.3 is 5.97 Å². The van der Waals surface area contributed by atoms with Gasteiger partial charge in [0.2, 0.25) is 0 Å². The average molecular weight is 232 g/mol. The van der Waals surface area contributed by atoms with E-state index in [9.17, 15) is 4.79 Å². The third-order valence-corrected chi connectivity index (χ3v) is 3.65. The monoisotopic (exact) mass is 232 g/mol. The quantitative estimate of drug-likeness (QED) is 0.577. The number of rotatable bonds is 2. The fourth-order valence-electron chi connectivity index (χ4n) is 2.00. The first-order chi connectivity index (χ1) is 7.90. The van der Waals surface area contributed by atoms with E-state index in [-0.39, 0.29) is 5.97 Å². The SMILES string of the molecule is COC(=O)/C=C/c1c(C)c(C)c(C)c(C)c1C.